The fourth-order valence-electron chi connectivity index (χ4n) is 4.34. The predicted octanol–water partition coefficient (Wildman–Crippen LogP) is 2.55. The number of likely N-dealkylation sites (tertiary alicyclic amines) is 1. The average molecular weight is 388 g/mol. The van der Waals surface area contributed by atoms with E-state index in [1.807, 2.05) is 34.1 Å². The highest BCUT2D eigenvalue weighted by Crippen LogP contribution is 2.40. The van der Waals surface area contributed by atoms with Gasteiger partial charge in [0.25, 0.3) is 0 Å². The third kappa shape index (κ3) is 4.32. The Morgan fingerprint density at radius 2 is 1.79 bits per heavy atom. The molecule has 1 aromatic rings. The van der Waals surface area contributed by atoms with E-state index in [1.165, 1.54) is 0 Å². The van der Waals surface area contributed by atoms with E-state index in [0.29, 0.717) is 13.0 Å². The molecular weight excluding hydrogens is 354 g/mol. The van der Waals surface area contributed by atoms with Gasteiger partial charge in [0.1, 0.15) is 5.75 Å². The van der Waals surface area contributed by atoms with Crippen LogP contribution in [0.25, 0.3) is 0 Å². The van der Waals surface area contributed by atoms with E-state index in [9.17, 15) is 9.59 Å². The van der Waals surface area contributed by atoms with Crippen LogP contribution in [-0.4, -0.2) is 72.9 Å². The number of hydrogen-bond donors (Lipinski definition) is 0. The zero-order chi connectivity index (χ0) is 20.1. The second-order valence-corrected chi connectivity index (χ2v) is 7.73. The van der Waals surface area contributed by atoms with E-state index < -0.39 is 0 Å². The highest BCUT2D eigenvalue weighted by Gasteiger charge is 2.45. The smallest absolute Gasteiger partial charge is 0.228 e. The van der Waals surface area contributed by atoms with Crippen molar-refractivity contribution < 1.29 is 14.3 Å². The topological polar surface area (TPSA) is 53.1 Å². The first-order valence-corrected chi connectivity index (χ1v) is 10.5. The van der Waals surface area contributed by atoms with Gasteiger partial charge in [0, 0.05) is 39.1 Å². The van der Waals surface area contributed by atoms with Crippen LogP contribution < -0.4 is 4.74 Å². The predicted molar refractivity (Wildman–Crippen MR) is 109 cm³/mol. The van der Waals surface area contributed by atoms with Gasteiger partial charge in [-0.25, -0.2) is 0 Å². The van der Waals surface area contributed by atoms with E-state index in [-0.39, 0.29) is 23.8 Å². The second-order valence-electron chi connectivity index (χ2n) is 7.73. The molecule has 0 saturated carbocycles. The number of benzene rings is 1. The number of hydrogen-bond acceptors (Lipinski definition) is 4. The summed E-state index contributed by atoms with van der Waals surface area (Å²) in [4.78, 5) is 32.4. The Balaban J connectivity index is 1.82. The van der Waals surface area contributed by atoms with Crippen LogP contribution in [0.4, 0.5) is 0 Å². The molecule has 6 nitrogen and oxygen atoms in total. The Kier molecular flexibility index (Phi) is 6.94. The maximum atomic E-state index is 13.4. The van der Waals surface area contributed by atoms with E-state index in [2.05, 4.69) is 18.7 Å². The van der Waals surface area contributed by atoms with Crippen molar-refractivity contribution in [2.24, 2.45) is 5.92 Å². The Hall–Kier alpha value is -2.08. The van der Waals surface area contributed by atoms with Crippen molar-refractivity contribution in [2.45, 2.75) is 39.2 Å². The Labute approximate surface area is 168 Å². The summed E-state index contributed by atoms with van der Waals surface area (Å²) >= 11 is 0. The first-order chi connectivity index (χ1) is 13.6. The minimum atomic E-state index is -0.300. The molecule has 0 aliphatic carbocycles. The third-order valence-electron chi connectivity index (χ3n) is 6.09. The molecule has 0 bridgehead atoms. The van der Waals surface area contributed by atoms with Crippen LogP contribution in [0.1, 0.15) is 44.7 Å². The molecule has 28 heavy (non-hydrogen) atoms. The molecule has 2 saturated heterocycles. The van der Waals surface area contributed by atoms with Gasteiger partial charge < -0.3 is 19.4 Å². The minimum absolute atomic E-state index is 0.0970. The number of unbranched alkanes of at least 4 members (excludes halogenated alkanes) is 1. The summed E-state index contributed by atoms with van der Waals surface area (Å²) in [6, 6.07) is 7.64. The maximum Gasteiger partial charge on any atom is 0.228 e. The number of likely N-dealkylation sites (N-methyl/N-ethyl adjacent to an activating group) is 1. The van der Waals surface area contributed by atoms with E-state index in [0.717, 1.165) is 56.9 Å². The fourth-order valence-corrected chi connectivity index (χ4v) is 4.34. The Morgan fingerprint density at radius 1 is 1.11 bits per heavy atom. The normalized spacial score (nSPS) is 23.3. The first-order valence-electron chi connectivity index (χ1n) is 10.5. The number of carbonyl (C=O) groups is 2. The summed E-state index contributed by atoms with van der Waals surface area (Å²) in [6.07, 6.45) is 2.29. The largest absolute Gasteiger partial charge is 0.497 e. The van der Waals surface area contributed by atoms with Gasteiger partial charge in [0.2, 0.25) is 11.8 Å². The molecule has 0 N–H and O–H groups in total. The molecule has 2 atom stereocenters. The zero-order valence-electron chi connectivity index (χ0n) is 17.4. The lowest BCUT2D eigenvalue weighted by molar-refractivity contribution is -0.138. The number of carbonyl (C=O) groups excluding carboxylic acids is 2. The van der Waals surface area contributed by atoms with E-state index >= 15 is 0 Å². The molecule has 2 aliphatic rings. The highest BCUT2D eigenvalue weighted by atomic mass is 16.5. The Morgan fingerprint density at radius 3 is 2.36 bits per heavy atom. The van der Waals surface area contributed by atoms with Crippen molar-refractivity contribution in [3.8, 4) is 5.75 Å². The summed E-state index contributed by atoms with van der Waals surface area (Å²) < 4.78 is 5.27. The molecule has 2 amide bonds. The summed E-state index contributed by atoms with van der Waals surface area (Å²) in [5, 5.41) is 0. The maximum absolute atomic E-state index is 13.4. The van der Waals surface area contributed by atoms with Crippen molar-refractivity contribution in [3.05, 3.63) is 29.8 Å². The summed E-state index contributed by atoms with van der Waals surface area (Å²) in [5.41, 5.74) is 1.02. The van der Waals surface area contributed by atoms with Crippen LogP contribution in [0.5, 0.6) is 5.75 Å². The average Bonchev–Trinajstić information content (AvgIpc) is 3.07. The third-order valence-corrected chi connectivity index (χ3v) is 6.09. The summed E-state index contributed by atoms with van der Waals surface area (Å²) in [7, 11) is 1.64. The van der Waals surface area contributed by atoms with Gasteiger partial charge in [-0.3, -0.25) is 9.59 Å². The van der Waals surface area contributed by atoms with Gasteiger partial charge in [-0.15, -0.1) is 0 Å². The summed E-state index contributed by atoms with van der Waals surface area (Å²) in [6.45, 7) is 9.33. The molecule has 2 fully saturated rings. The number of ether oxygens (including phenoxy) is 1. The van der Waals surface area contributed by atoms with Gasteiger partial charge in [0.15, 0.2) is 0 Å². The van der Waals surface area contributed by atoms with Gasteiger partial charge in [0.05, 0.1) is 19.1 Å². The second kappa shape index (κ2) is 9.41. The van der Waals surface area contributed by atoms with Gasteiger partial charge in [-0.05, 0) is 30.7 Å². The molecule has 0 radical (unpaired) electrons. The molecule has 0 aromatic heterocycles. The van der Waals surface area contributed by atoms with Crippen LogP contribution >= 0.6 is 0 Å². The quantitative estimate of drug-likeness (QED) is 0.722. The van der Waals surface area contributed by atoms with E-state index in [4.69, 9.17) is 4.74 Å². The molecular formula is C22H33N3O3. The minimum Gasteiger partial charge on any atom is -0.497 e. The number of piperazine rings is 1. The van der Waals surface area contributed by atoms with Crippen LogP contribution in [0.15, 0.2) is 24.3 Å². The number of nitrogens with zero attached hydrogens (tertiary/aromatic N) is 3. The highest BCUT2D eigenvalue weighted by molar-refractivity contribution is 5.90. The number of rotatable bonds is 7. The lowest BCUT2D eigenvalue weighted by atomic mass is 9.92. The van der Waals surface area contributed by atoms with Gasteiger partial charge in [-0.2, -0.15) is 0 Å². The van der Waals surface area contributed by atoms with Crippen LogP contribution in [0.2, 0.25) is 0 Å². The standard InChI is InChI=1S/C22H33N3O3/c1-4-6-11-25-20(26)16-19(21(25)17-7-9-18(28-3)10-8-17)22(27)24-14-12-23(5-2)13-15-24/h7-10,19,21H,4-6,11-16H2,1-3H3. The first kappa shape index (κ1) is 20.6. The monoisotopic (exact) mass is 387 g/mol. The lowest BCUT2D eigenvalue weighted by Gasteiger charge is -2.37. The molecule has 1 aromatic carbocycles. The molecule has 0 spiro atoms. The molecule has 3 rings (SSSR count). The molecule has 2 unspecified atom stereocenters. The Bertz CT molecular complexity index is 668. The molecule has 2 heterocycles. The fraction of sp³-hybridized carbons (Fsp3) is 0.636. The van der Waals surface area contributed by atoms with Gasteiger partial charge >= 0.3 is 0 Å². The van der Waals surface area contributed by atoms with Crippen molar-refractivity contribution in [2.75, 3.05) is 46.4 Å². The van der Waals surface area contributed by atoms with Crippen molar-refractivity contribution >= 4 is 11.8 Å². The summed E-state index contributed by atoms with van der Waals surface area (Å²) in [5.74, 6) is 0.710. The number of amides is 2. The molecule has 154 valence electrons. The zero-order valence-corrected chi connectivity index (χ0v) is 17.4. The van der Waals surface area contributed by atoms with E-state index in [1.54, 1.807) is 7.11 Å². The van der Waals surface area contributed by atoms with Gasteiger partial charge in [-0.1, -0.05) is 32.4 Å². The lowest BCUT2D eigenvalue weighted by Crippen LogP contribution is -2.50. The van der Waals surface area contributed by atoms with Crippen molar-refractivity contribution in [1.82, 2.24) is 14.7 Å². The number of methoxy groups -OCH3 is 1. The molecule has 6 heteroatoms. The SMILES string of the molecule is CCCCN1C(=O)CC(C(=O)N2CCN(CC)CC2)C1c1ccc(OC)cc1. The molecule has 2 aliphatic heterocycles. The van der Waals surface area contributed by atoms with Crippen LogP contribution in [-0.2, 0) is 9.59 Å². The van der Waals surface area contributed by atoms with Crippen molar-refractivity contribution in [1.29, 1.82) is 0 Å². The van der Waals surface area contributed by atoms with Crippen LogP contribution in [0.3, 0.4) is 0 Å². The van der Waals surface area contributed by atoms with Crippen molar-refractivity contribution in [3.63, 3.8) is 0 Å². The van der Waals surface area contributed by atoms with Crippen LogP contribution in [0, 0.1) is 5.92 Å².